The number of allylic oxidation sites excluding steroid dienone is 4. The van der Waals surface area contributed by atoms with E-state index in [1.165, 1.54) is 155 Å². The molecule has 0 saturated carbocycles. The summed E-state index contributed by atoms with van der Waals surface area (Å²) in [5, 5.41) is 0. The molecule has 0 radical (unpaired) electrons. The van der Waals surface area contributed by atoms with Gasteiger partial charge < -0.3 is 0 Å². The van der Waals surface area contributed by atoms with Crippen LogP contribution in [0.3, 0.4) is 0 Å². The standard InChI is InChI=1S/C47H48S7/c1-5-7-9-11-13-34-18-21-38(50-34)33-17-16-32(27-33)36-28-45(49-31(36)4)46-29-37(47(54-46)44-26-25-42(53-44)40-20-15-30(3)48-40)39-23-24-43(52-39)41-22-19-35(51-41)14-12-10-8-6-2/h15-26,28-29H,5-14,27H2,1-4H3. The maximum Gasteiger partial charge on any atom is 0.0536 e. The Balaban J connectivity index is 1.05. The fourth-order valence-electron chi connectivity index (χ4n) is 7.24. The van der Waals surface area contributed by atoms with Crippen LogP contribution in [0.1, 0.15) is 102 Å². The van der Waals surface area contributed by atoms with Gasteiger partial charge in [0.05, 0.1) is 4.88 Å². The second-order valence-electron chi connectivity index (χ2n) is 14.4. The third-order valence-electron chi connectivity index (χ3n) is 10.2. The molecule has 0 unspecified atom stereocenters. The van der Waals surface area contributed by atoms with Crippen LogP contribution in [0.25, 0.3) is 60.6 Å². The van der Waals surface area contributed by atoms with E-state index in [4.69, 9.17) is 0 Å². The van der Waals surface area contributed by atoms with Gasteiger partial charge >= 0.3 is 0 Å². The van der Waals surface area contributed by atoms with E-state index in [0.29, 0.717) is 0 Å². The Bertz CT molecular complexity index is 2380. The first kappa shape index (κ1) is 38.3. The third kappa shape index (κ3) is 8.68. The molecule has 54 heavy (non-hydrogen) atoms. The predicted molar refractivity (Wildman–Crippen MR) is 251 cm³/mol. The number of hydrogen-bond donors (Lipinski definition) is 0. The lowest BCUT2D eigenvalue weighted by atomic mass is 10.0. The highest BCUT2D eigenvalue weighted by Crippen LogP contribution is 2.51. The molecule has 8 rings (SSSR count). The van der Waals surface area contributed by atoms with Crippen molar-refractivity contribution in [3.63, 3.8) is 0 Å². The molecule has 0 aromatic carbocycles. The van der Waals surface area contributed by atoms with Crippen LogP contribution in [0.4, 0.5) is 0 Å². The largest absolute Gasteiger partial charge is 0.141 e. The van der Waals surface area contributed by atoms with Crippen LogP contribution in [0.5, 0.6) is 0 Å². The average molecular weight is 837 g/mol. The summed E-state index contributed by atoms with van der Waals surface area (Å²) in [5.41, 5.74) is 5.72. The van der Waals surface area contributed by atoms with Crippen LogP contribution < -0.4 is 0 Å². The topological polar surface area (TPSA) is 0 Å². The fourth-order valence-corrected chi connectivity index (χ4v) is 14.9. The zero-order valence-corrected chi connectivity index (χ0v) is 37.4. The molecular formula is C47H48S7. The zero-order valence-electron chi connectivity index (χ0n) is 31.7. The molecule has 1 aliphatic rings. The Morgan fingerprint density at radius 3 is 1.67 bits per heavy atom. The first-order valence-corrected chi connectivity index (χ1v) is 25.3. The molecule has 278 valence electrons. The molecule has 7 heteroatoms. The minimum absolute atomic E-state index is 1.02. The van der Waals surface area contributed by atoms with Gasteiger partial charge in [-0.15, -0.1) is 79.4 Å². The SMILES string of the molecule is CCCCCCc1ccc(C2=CC=C(c3cc(-c4cc(-c5ccc(-c6ccc(CCCCCC)s6)s5)c(-c5ccc(-c6ccc(C)s6)s5)s4)sc3C)C2)s1. The lowest BCUT2D eigenvalue weighted by Crippen LogP contribution is -1.83. The van der Waals surface area contributed by atoms with E-state index in [-0.39, 0.29) is 0 Å². The maximum absolute atomic E-state index is 2.49. The number of hydrogen-bond acceptors (Lipinski definition) is 7. The molecule has 7 aromatic rings. The quantitative estimate of drug-likeness (QED) is 0.0802. The monoisotopic (exact) mass is 836 g/mol. The number of aryl methyl sites for hydroxylation is 4. The van der Waals surface area contributed by atoms with E-state index >= 15 is 0 Å². The van der Waals surface area contributed by atoms with E-state index in [1.54, 1.807) is 0 Å². The van der Waals surface area contributed by atoms with Crippen LogP contribution in [-0.2, 0) is 12.8 Å². The van der Waals surface area contributed by atoms with Gasteiger partial charge in [0.1, 0.15) is 0 Å². The normalized spacial score (nSPS) is 13.0. The predicted octanol–water partition coefficient (Wildman–Crippen LogP) is 18.2. The van der Waals surface area contributed by atoms with Crippen LogP contribution in [0, 0.1) is 13.8 Å². The van der Waals surface area contributed by atoms with Crippen LogP contribution in [-0.4, -0.2) is 0 Å². The molecule has 0 amide bonds. The van der Waals surface area contributed by atoms with E-state index in [1.807, 2.05) is 79.4 Å². The van der Waals surface area contributed by atoms with Gasteiger partial charge in [0.25, 0.3) is 0 Å². The van der Waals surface area contributed by atoms with E-state index in [2.05, 4.69) is 113 Å². The summed E-state index contributed by atoms with van der Waals surface area (Å²) in [5.74, 6) is 0. The Hall–Kier alpha value is -2.62. The van der Waals surface area contributed by atoms with Crippen molar-refractivity contribution in [3.05, 3.63) is 115 Å². The highest BCUT2D eigenvalue weighted by Gasteiger charge is 2.22. The molecular weight excluding hydrogens is 789 g/mol. The molecule has 7 aromatic heterocycles. The van der Waals surface area contributed by atoms with Gasteiger partial charge in [0, 0.05) is 69.0 Å². The molecule has 0 nitrogen and oxygen atoms in total. The maximum atomic E-state index is 2.49. The van der Waals surface area contributed by atoms with Crippen molar-refractivity contribution in [2.24, 2.45) is 0 Å². The van der Waals surface area contributed by atoms with E-state index < -0.39 is 0 Å². The second-order valence-corrected chi connectivity index (χ2v) is 22.5. The first-order valence-electron chi connectivity index (χ1n) is 19.6. The van der Waals surface area contributed by atoms with Crippen LogP contribution >= 0.6 is 79.4 Å². The van der Waals surface area contributed by atoms with Gasteiger partial charge in [-0.3, -0.25) is 0 Å². The van der Waals surface area contributed by atoms with Crippen molar-refractivity contribution in [2.75, 3.05) is 0 Å². The van der Waals surface area contributed by atoms with Gasteiger partial charge in [-0.05, 0) is 135 Å². The van der Waals surface area contributed by atoms with Gasteiger partial charge in [-0.25, -0.2) is 0 Å². The first-order chi connectivity index (χ1) is 26.4. The van der Waals surface area contributed by atoms with Crippen molar-refractivity contribution in [1.82, 2.24) is 0 Å². The lowest BCUT2D eigenvalue weighted by molar-refractivity contribution is 0.670. The molecule has 0 N–H and O–H groups in total. The number of rotatable bonds is 17. The molecule has 7 heterocycles. The minimum atomic E-state index is 1.02. The average Bonchev–Trinajstić information content (AvgIpc) is 4.00. The summed E-state index contributed by atoms with van der Waals surface area (Å²) in [6.45, 7) is 9.10. The fraction of sp³-hybridized carbons (Fsp3) is 0.319. The zero-order chi connectivity index (χ0) is 37.0. The molecule has 0 fully saturated rings. The summed E-state index contributed by atoms with van der Waals surface area (Å²) in [6.07, 6.45) is 18.8. The molecule has 1 aliphatic carbocycles. The van der Waals surface area contributed by atoms with Crippen molar-refractivity contribution < 1.29 is 0 Å². The molecule has 0 atom stereocenters. The lowest BCUT2D eigenvalue weighted by Gasteiger charge is -2.04. The van der Waals surface area contributed by atoms with Crippen molar-refractivity contribution in [3.8, 4) is 49.5 Å². The second kappa shape index (κ2) is 17.7. The Morgan fingerprint density at radius 2 is 0.963 bits per heavy atom. The Kier molecular flexibility index (Phi) is 12.5. The van der Waals surface area contributed by atoms with Gasteiger partial charge in [0.2, 0.25) is 0 Å². The van der Waals surface area contributed by atoms with Crippen molar-refractivity contribution >= 4 is 90.5 Å². The highest BCUT2D eigenvalue weighted by molar-refractivity contribution is 7.29. The Morgan fingerprint density at radius 1 is 0.426 bits per heavy atom. The van der Waals surface area contributed by atoms with Gasteiger partial charge in [-0.1, -0.05) is 64.5 Å². The highest BCUT2D eigenvalue weighted by atomic mass is 32.1. The van der Waals surface area contributed by atoms with Gasteiger partial charge in [-0.2, -0.15) is 0 Å². The van der Waals surface area contributed by atoms with Crippen molar-refractivity contribution in [1.29, 1.82) is 0 Å². The summed E-state index contributed by atoms with van der Waals surface area (Å²) in [6, 6.07) is 28.4. The number of thiophene rings is 7. The van der Waals surface area contributed by atoms with E-state index in [0.717, 1.165) is 6.42 Å². The Labute approximate surface area is 350 Å². The summed E-state index contributed by atoms with van der Waals surface area (Å²) in [4.78, 5) is 19.7. The van der Waals surface area contributed by atoms with Crippen LogP contribution in [0.2, 0.25) is 0 Å². The molecule has 0 aliphatic heterocycles. The molecule has 0 spiro atoms. The summed E-state index contributed by atoms with van der Waals surface area (Å²) < 4.78 is 0. The van der Waals surface area contributed by atoms with Crippen LogP contribution in [0.15, 0.2) is 84.9 Å². The molecule has 0 saturated heterocycles. The van der Waals surface area contributed by atoms with Crippen molar-refractivity contribution in [2.45, 2.75) is 98.3 Å². The van der Waals surface area contributed by atoms with Gasteiger partial charge in [0.15, 0.2) is 0 Å². The number of unbranched alkanes of at least 4 members (excludes halogenated alkanes) is 6. The third-order valence-corrected chi connectivity index (χ3v) is 18.7. The minimum Gasteiger partial charge on any atom is -0.141 e. The molecule has 0 bridgehead atoms. The smallest absolute Gasteiger partial charge is 0.0536 e. The van der Waals surface area contributed by atoms with E-state index in [9.17, 15) is 0 Å². The summed E-state index contributed by atoms with van der Waals surface area (Å²) in [7, 11) is 0. The summed E-state index contributed by atoms with van der Waals surface area (Å²) >= 11 is 13.7.